The topological polar surface area (TPSA) is 75.3 Å². The van der Waals surface area contributed by atoms with Gasteiger partial charge in [-0.3, -0.25) is 4.79 Å². The van der Waals surface area contributed by atoms with E-state index in [2.05, 4.69) is 5.32 Å². The van der Waals surface area contributed by atoms with E-state index < -0.39 is 0 Å². The van der Waals surface area contributed by atoms with Gasteiger partial charge in [0.1, 0.15) is 0 Å². The minimum atomic E-state index is -0.350. The molecule has 0 bridgehead atoms. The van der Waals surface area contributed by atoms with Crippen LogP contribution in [0.5, 0.6) is 0 Å². The SMILES string of the molecule is CC[C@@H](CO)NC(=O)C(CN)c1ccccc1. The third-order valence-electron chi connectivity index (χ3n) is 2.81. The summed E-state index contributed by atoms with van der Waals surface area (Å²) < 4.78 is 0. The summed E-state index contributed by atoms with van der Waals surface area (Å²) in [5, 5.41) is 11.9. The van der Waals surface area contributed by atoms with Crippen LogP contribution >= 0.6 is 0 Å². The minimum absolute atomic E-state index is 0.0473. The van der Waals surface area contributed by atoms with Crippen molar-refractivity contribution in [2.45, 2.75) is 25.3 Å². The van der Waals surface area contributed by atoms with Gasteiger partial charge in [0.25, 0.3) is 0 Å². The van der Waals surface area contributed by atoms with Crippen LogP contribution in [0.3, 0.4) is 0 Å². The Bertz CT molecular complexity index is 337. The maximum atomic E-state index is 12.0. The van der Waals surface area contributed by atoms with Crippen molar-refractivity contribution in [2.75, 3.05) is 13.2 Å². The number of benzene rings is 1. The lowest BCUT2D eigenvalue weighted by Crippen LogP contribution is -2.41. The molecule has 0 fully saturated rings. The number of carbonyl (C=O) groups excluding carboxylic acids is 1. The molecule has 2 atom stereocenters. The van der Waals surface area contributed by atoms with E-state index in [0.717, 1.165) is 5.56 Å². The third-order valence-corrected chi connectivity index (χ3v) is 2.81. The molecule has 94 valence electrons. The van der Waals surface area contributed by atoms with Crippen molar-refractivity contribution in [1.82, 2.24) is 5.32 Å². The Kier molecular flexibility index (Phi) is 5.66. The van der Waals surface area contributed by atoms with E-state index in [-0.39, 0.29) is 31.0 Å². The summed E-state index contributed by atoms with van der Waals surface area (Å²) >= 11 is 0. The molecule has 0 aliphatic heterocycles. The first kappa shape index (κ1) is 13.7. The average molecular weight is 236 g/mol. The number of rotatable bonds is 6. The molecule has 0 saturated heterocycles. The summed E-state index contributed by atoms with van der Waals surface area (Å²) in [6.45, 7) is 2.13. The van der Waals surface area contributed by atoms with Crippen LogP contribution in [0.25, 0.3) is 0 Å². The van der Waals surface area contributed by atoms with Crippen molar-refractivity contribution in [3.63, 3.8) is 0 Å². The smallest absolute Gasteiger partial charge is 0.229 e. The van der Waals surface area contributed by atoms with Gasteiger partial charge in [-0.25, -0.2) is 0 Å². The Morgan fingerprint density at radius 2 is 2.06 bits per heavy atom. The molecule has 4 nitrogen and oxygen atoms in total. The Morgan fingerprint density at radius 1 is 1.41 bits per heavy atom. The third kappa shape index (κ3) is 3.84. The number of carbonyl (C=O) groups is 1. The fourth-order valence-corrected chi connectivity index (χ4v) is 1.66. The van der Waals surface area contributed by atoms with E-state index in [0.29, 0.717) is 6.42 Å². The largest absolute Gasteiger partial charge is 0.394 e. The summed E-state index contributed by atoms with van der Waals surface area (Å²) in [4.78, 5) is 12.0. The van der Waals surface area contributed by atoms with Crippen LogP contribution in [0.1, 0.15) is 24.8 Å². The van der Waals surface area contributed by atoms with E-state index >= 15 is 0 Å². The molecule has 0 aliphatic carbocycles. The molecule has 0 radical (unpaired) electrons. The Balaban J connectivity index is 2.71. The van der Waals surface area contributed by atoms with Crippen LogP contribution in [-0.2, 0) is 4.79 Å². The van der Waals surface area contributed by atoms with Crippen molar-refractivity contribution >= 4 is 5.91 Å². The molecule has 1 aromatic carbocycles. The highest BCUT2D eigenvalue weighted by Crippen LogP contribution is 2.14. The highest BCUT2D eigenvalue weighted by Gasteiger charge is 2.20. The second-order valence-corrected chi connectivity index (χ2v) is 4.00. The van der Waals surface area contributed by atoms with E-state index in [9.17, 15) is 4.79 Å². The van der Waals surface area contributed by atoms with Crippen LogP contribution < -0.4 is 11.1 Å². The van der Waals surface area contributed by atoms with Crippen molar-refractivity contribution < 1.29 is 9.90 Å². The van der Waals surface area contributed by atoms with Crippen molar-refractivity contribution in [2.24, 2.45) is 5.73 Å². The second kappa shape index (κ2) is 7.04. The summed E-state index contributed by atoms with van der Waals surface area (Å²) in [5.41, 5.74) is 6.54. The fourth-order valence-electron chi connectivity index (χ4n) is 1.66. The highest BCUT2D eigenvalue weighted by atomic mass is 16.3. The van der Waals surface area contributed by atoms with Crippen molar-refractivity contribution in [3.05, 3.63) is 35.9 Å². The predicted octanol–water partition coefficient (Wildman–Crippen LogP) is 0.616. The number of hydrogen-bond acceptors (Lipinski definition) is 3. The number of hydrogen-bond donors (Lipinski definition) is 3. The van der Waals surface area contributed by atoms with Gasteiger partial charge in [0.2, 0.25) is 5.91 Å². The maximum Gasteiger partial charge on any atom is 0.229 e. The molecule has 4 N–H and O–H groups in total. The molecule has 1 rings (SSSR count). The molecule has 0 heterocycles. The van der Waals surface area contributed by atoms with Gasteiger partial charge in [-0.2, -0.15) is 0 Å². The zero-order valence-electron chi connectivity index (χ0n) is 10.1. The van der Waals surface area contributed by atoms with Gasteiger partial charge < -0.3 is 16.2 Å². The Morgan fingerprint density at radius 3 is 2.53 bits per heavy atom. The van der Waals surface area contributed by atoms with E-state index in [1.165, 1.54) is 0 Å². The lowest BCUT2D eigenvalue weighted by Gasteiger charge is -2.19. The molecule has 0 aliphatic rings. The number of amides is 1. The molecule has 1 aromatic rings. The van der Waals surface area contributed by atoms with E-state index in [1.807, 2.05) is 37.3 Å². The summed E-state index contributed by atoms with van der Waals surface area (Å²) in [6.07, 6.45) is 0.703. The highest BCUT2D eigenvalue weighted by molar-refractivity contribution is 5.84. The summed E-state index contributed by atoms with van der Waals surface area (Å²) in [6, 6.07) is 9.25. The Hall–Kier alpha value is -1.39. The lowest BCUT2D eigenvalue weighted by atomic mass is 9.98. The van der Waals surface area contributed by atoms with Gasteiger partial charge >= 0.3 is 0 Å². The predicted molar refractivity (Wildman–Crippen MR) is 67.5 cm³/mol. The zero-order chi connectivity index (χ0) is 12.7. The number of nitrogens with one attached hydrogen (secondary N) is 1. The van der Waals surface area contributed by atoms with Gasteiger partial charge in [-0.1, -0.05) is 37.3 Å². The first-order valence-corrected chi connectivity index (χ1v) is 5.89. The van der Waals surface area contributed by atoms with Crippen LogP contribution in [0.4, 0.5) is 0 Å². The maximum absolute atomic E-state index is 12.0. The zero-order valence-corrected chi connectivity index (χ0v) is 10.1. The summed E-state index contributed by atoms with van der Waals surface area (Å²) in [7, 11) is 0. The second-order valence-electron chi connectivity index (χ2n) is 4.00. The van der Waals surface area contributed by atoms with Gasteiger partial charge in [-0.15, -0.1) is 0 Å². The number of nitrogens with two attached hydrogens (primary N) is 1. The van der Waals surface area contributed by atoms with Crippen LogP contribution in [0.2, 0.25) is 0 Å². The molecule has 4 heteroatoms. The first-order valence-electron chi connectivity index (χ1n) is 5.89. The monoisotopic (exact) mass is 236 g/mol. The average Bonchev–Trinajstić information content (AvgIpc) is 2.38. The van der Waals surface area contributed by atoms with Gasteiger partial charge in [0.05, 0.1) is 18.6 Å². The van der Waals surface area contributed by atoms with Crippen LogP contribution in [-0.4, -0.2) is 30.2 Å². The van der Waals surface area contributed by atoms with E-state index in [1.54, 1.807) is 0 Å². The lowest BCUT2D eigenvalue weighted by molar-refractivity contribution is -0.123. The number of aliphatic hydroxyl groups is 1. The van der Waals surface area contributed by atoms with Gasteiger partial charge in [-0.05, 0) is 12.0 Å². The molecule has 17 heavy (non-hydrogen) atoms. The van der Waals surface area contributed by atoms with Gasteiger partial charge in [0, 0.05) is 6.54 Å². The fraction of sp³-hybridized carbons (Fsp3) is 0.462. The van der Waals surface area contributed by atoms with Crippen LogP contribution in [0.15, 0.2) is 30.3 Å². The molecule has 0 saturated carbocycles. The minimum Gasteiger partial charge on any atom is -0.394 e. The van der Waals surface area contributed by atoms with Crippen molar-refractivity contribution in [1.29, 1.82) is 0 Å². The molecule has 1 unspecified atom stereocenters. The Labute approximate surface area is 102 Å². The molecule has 0 aromatic heterocycles. The normalized spacial score (nSPS) is 14.1. The van der Waals surface area contributed by atoms with Gasteiger partial charge in [0.15, 0.2) is 0 Å². The van der Waals surface area contributed by atoms with Crippen LogP contribution in [0, 0.1) is 0 Å². The standard InChI is InChI=1S/C13H20N2O2/c1-2-11(9-16)15-13(17)12(8-14)10-6-4-3-5-7-10/h3-7,11-12,16H,2,8-9,14H2,1H3,(H,15,17)/t11-,12?/m0/s1. The molecular weight excluding hydrogens is 216 g/mol. The van der Waals surface area contributed by atoms with E-state index in [4.69, 9.17) is 10.8 Å². The molecule has 1 amide bonds. The number of aliphatic hydroxyl groups excluding tert-OH is 1. The summed E-state index contributed by atoms with van der Waals surface area (Å²) in [5.74, 6) is -0.476. The quantitative estimate of drug-likeness (QED) is 0.677. The molecule has 0 spiro atoms. The molecular formula is C13H20N2O2. The van der Waals surface area contributed by atoms with Crippen molar-refractivity contribution in [3.8, 4) is 0 Å². The first-order chi connectivity index (χ1) is 8.22.